The van der Waals surface area contributed by atoms with Gasteiger partial charge in [-0.3, -0.25) is 0 Å². The van der Waals surface area contributed by atoms with Gasteiger partial charge in [-0.05, 0) is 139 Å². The van der Waals surface area contributed by atoms with Crippen LogP contribution in [0, 0.1) is 0 Å². The van der Waals surface area contributed by atoms with Crippen molar-refractivity contribution in [3.05, 3.63) is 229 Å². The Kier molecular flexibility index (Phi) is 9.41. The van der Waals surface area contributed by atoms with E-state index in [2.05, 4.69) is 260 Å². The van der Waals surface area contributed by atoms with Crippen LogP contribution in [-0.2, 0) is 10.8 Å². The van der Waals surface area contributed by atoms with E-state index >= 15 is 0 Å². The van der Waals surface area contributed by atoms with Crippen LogP contribution in [0.2, 0.25) is 26.2 Å². The third-order valence-corrected chi connectivity index (χ3v) is 25.4. The molecule has 4 heteroatoms. The lowest BCUT2D eigenvalue weighted by atomic mass is 9.81. The minimum Gasteiger partial charge on any atom is -0.457 e. The van der Waals surface area contributed by atoms with Crippen molar-refractivity contribution in [2.75, 3.05) is 0 Å². The monoisotopic (exact) mass is 1010 g/mol. The summed E-state index contributed by atoms with van der Waals surface area (Å²) in [4.78, 5) is 0. The maximum absolute atomic E-state index is 7.47. The van der Waals surface area contributed by atoms with E-state index in [-0.39, 0.29) is 10.8 Å². The highest BCUT2D eigenvalue weighted by molar-refractivity contribution is 7.02. The topological polar surface area (TPSA) is 18.5 Å². The summed E-state index contributed by atoms with van der Waals surface area (Å²) >= 11 is 0. The molecule has 0 N–H and O–H groups in total. The van der Waals surface area contributed by atoms with Crippen LogP contribution >= 0.6 is 0 Å². The molecule has 0 unspecified atom stereocenters. The van der Waals surface area contributed by atoms with Gasteiger partial charge in [0.25, 0.3) is 0 Å². The zero-order chi connectivity index (χ0) is 51.6. The van der Waals surface area contributed by atoms with Crippen LogP contribution in [0.5, 0.6) is 23.0 Å². The largest absolute Gasteiger partial charge is 0.457 e. The van der Waals surface area contributed by atoms with Crippen LogP contribution < -0.4 is 30.2 Å². The van der Waals surface area contributed by atoms with Gasteiger partial charge in [-0.25, -0.2) is 0 Å². The van der Waals surface area contributed by atoms with E-state index in [0.29, 0.717) is 0 Å². The summed E-state index contributed by atoms with van der Waals surface area (Å²) in [6.07, 6.45) is 0. The van der Waals surface area contributed by atoms with E-state index < -0.39 is 16.1 Å². The normalized spacial score (nSPS) is 16.0. The average molecular weight is 1010 g/mol. The highest BCUT2D eigenvalue weighted by Crippen LogP contribution is 2.56. The van der Waals surface area contributed by atoms with Crippen molar-refractivity contribution in [3.63, 3.8) is 0 Å². The molecular weight excluding hydrogens is 953 g/mol. The molecule has 11 aromatic rings. The molecule has 366 valence electrons. The van der Waals surface area contributed by atoms with Gasteiger partial charge < -0.3 is 9.47 Å². The quantitative estimate of drug-likeness (QED) is 0.129. The molecule has 4 aliphatic rings. The Morgan fingerprint density at radius 2 is 0.763 bits per heavy atom. The number of rotatable bonds is 4. The first-order valence-corrected chi connectivity index (χ1v) is 33.1. The standard InChI is InChI=1S/C72H58O2Si2/c1-71(2)55-26-16-15-24-51(55)66-56(71)36-39-63-70(66)74-68-48(25-19-29-61(68)76(63,7)8)47-32-34-50-54(41-47)65(44-22-13-10-14-23-44)49-33-30-45(40-53(49)64(50)43-20-11-9-12-21-43)46-31-35-52-58(42-46)72(3,4)57-37-38-62-69(67(52)57)73-59-27-17-18-28-60(59)75(62,5)6/h9-42H,1-8H3. The predicted molar refractivity (Wildman–Crippen MR) is 325 cm³/mol. The number of hydrogen-bond acceptors (Lipinski definition) is 2. The minimum absolute atomic E-state index is 0.116. The van der Waals surface area contributed by atoms with Crippen LogP contribution in [0.25, 0.3) is 88.3 Å². The van der Waals surface area contributed by atoms with E-state index in [4.69, 9.17) is 9.47 Å². The van der Waals surface area contributed by atoms with Crippen LogP contribution in [0.15, 0.2) is 206 Å². The van der Waals surface area contributed by atoms with Crippen LogP contribution in [0.4, 0.5) is 0 Å². The molecule has 0 amide bonds. The summed E-state index contributed by atoms with van der Waals surface area (Å²) in [6.45, 7) is 19.4. The molecule has 2 heterocycles. The molecule has 0 radical (unpaired) electrons. The number of para-hydroxylation sites is 2. The SMILES string of the molecule is CC1(C)c2cc(-c3ccc4c(-c5ccccc5)c5cc(-c6cccc7c6Oc6c(ccc8c6-c6ccccc6C8(C)C)[Si]7(C)C)ccc5c(-c5ccccc5)c4c3)ccc2-c2c1ccc1c2Oc2ccccc2[Si]1(C)C. The fraction of sp³-hybridized carbons (Fsp3) is 0.139. The zero-order valence-electron chi connectivity index (χ0n) is 44.4. The molecule has 0 saturated heterocycles. The van der Waals surface area contributed by atoms with Gasteiger partial charge in [0.15, 0.2) is 0 Å². The highest BCUT2D eigenvalue weighted by atomic mass is 28.3. The van der Waals surface area contributed by atoms with Gasteiger partial charge in [0.2, 0.25) is 0 Å². The van der Waals surface area contributed by atoms with Gasteiger partial charge in [0.05, 0.1) is 0 Å². The molecule has 0 atom stereocenters. The molecule has 0 aromatic heterocycles. The van der Waals surface area contributed by atoms with Crippen molar-refractivity contribution in [3.8, 4) is 89.8 Å². The number of ether oxygens (including phenoxy) is 2. The van der Waals surface area contributed by atoms with Gasteiger partial charge in [0, 0.05) is 27.5 Å². The third-order valence-electron chi connectivity index (χ3n) is 18.4. The second kappa shape index (κ2) is 15.8. The van der Waals surface area contributed by atoms with E-state index in [1.807, 2.05) is 0 Å². The smallest absolute Gasteiger partial charge is 0.135 e. The van der Waals surface area contributed by atoms with Gasteiger partial charge in [-0.1, -0.05) is 236 Å². The van der Waals surface area contributed by atoms with E-state index in [0.717, 1.165) is 34.1 Å². The summed E-state index contributed by atoms with van der Waals surface area (Å²) in [5, 5.41) is 10.4. The fourth-order valence-corrected chi connectivity index (χ4v) is 19.9. The summed E-state index contributed by atoms with van der Waals surface area (Å²) in [5.74, 6) is 4.12. The Balaban J connectivity index is 0.914. The Bertz CT molecular complexity index is 4330. The lowest BCUT2D eigenvalue weighted by Crippen LogP contribution is -2.56. The molecule has 15 rings (SSSR count). The highest BCUT2D eigenvalue weighted by Gasteiger charge is 2.46. The molecule has 0 saturated carbocycles. The third kappa shape index (κ3) is 6.14. The van der Waals surface area contributed by atoms with Crippen molar-refractivity contribution in [2.24, 2.45) is 0 Å². The molecule has 0 spiro atoms. The lowest BCUT2D eigenvalue weighted by molar-refractivity contribution is 0.487. The van der Waals surface area contributed by atoms with E-state index in [9.17, 15) is 0 Å². The van der Waals surface area contributed by atoms with Crippen LogP contribution in [-0.4, -0.2) is 16.1 Å². The minimum atomic E-state index is -2.23. The first kappa shape index (κ1) is 45.4. The van der Waals surface area contributed by atoms with Gasteiger partial charge >= 0.3 is 0 Å². The van der Waals surface area contributed by atoms with E-state index in [1.54, 1.807) is 0 Å². The summed E-state index contributed by atoms with van der Waals surface area (Å²) < 4.78 is 14.4. The molecular formula is C72H58O2Si2. The van der Waals surface area contributed by atoms with Crippen molar-refractivity contribution < 1.29 is 9.47 Å². The fourth-order valence-electron chi connectivity index (χ4n) is 14.3. The maximum Gasteiger partial charge on any atom is 0.135 e. The number of hydrogen-bond donors (Lipinski definition) is 0. The second-order valence-corrected chi connectivity index (χ2v) is 32.6. The number of benzene rings is 11. The Morgan fingerprint density at radius 3 is 1.43 bits per heavy atom. The Morgan fingerprint density at radius 1 is 0.289 bits per heavy atom. The Labute approximate surface area is 448 Å². The second-order valence-electron chi connectivity index (χ2n) is 23.9. The van der Waals surface area contributed by atoms with Gasteiger partial charge in [-0.2, -0.15) is 0 Å². The molecule has 2 nitrogen and oxygen atoms in total. The summed E-state index contributed by atoms with van der Waals surface area (Å²) in [5.41, 5.74) is 19.7. The average Bonchev–Trinajstić information content (AvgIpc) is 4.04. The van der Waals surface area contributed by atoms with Crippen LogP contribution in [0.3, 0.4) is 0 Å². The van der Waals surface area contributed by atoms with Crippen molar-refractivity contribution in [1.82, 2.24) is 0 Å². The molecule has 11 aromatic carbocycles. The lowest BCUT2D eigenvalue weighted by Gasteiger charge is -2.35. The van der Waals surface area contributed by atoms with Crippen molar-refractivity contribution in [2.45, 2.75) is 64.7 Å². The molecule has 2 aliphatic heterocycles. The van der Waals surface area contributed by atoms with E-state index in [1.165, 1.54) is 120 Å². The van der Waals surface area contributed by atoms with Crippen molar-refractivity contribution >= 4 is 58.4 Å². The molecule has 0 bridgehead atoms. The van der Waals surface area contributed by atoms with Crippen molar-refractivity contribution in [1.29, 1.82) is 0 Å². The van der Waals surface area contributed by atoms with Gasteiger partial charge in [-0.15, -0.1) is 0 Å². The summed E-state index contributed by atoms with van der Waals surface area (Å²) in [7, 11) is -4.23. The first-order chi connectivity index (χ1) is 36.7. The number of fused-ring (bicyclic) bond motifs is 14. The van der Waals surface area contributed by atoms with Gasteiger partial charge in [0.1, 0.15) is 39.1 Å². The maximum atomic E-state index is 7.47. The predicted octanol–water partition coefficient (Wildman–Crippen LogP) is 17.1. The molecule has 76 heavy (non-hydrogen) atoms. The Hall–Kier alpha value is -8.03. The summed E-state index contributed by atoms with van der Waals surface area (Å²) in [6, 6.07) is 77.7. The van der Waals surface area contributed by atoms with Crippen LogP contribution in [0.1, 0.15) is 49.9 Å². The molecule has 2 aliphatic carbocycles. The first-order valence-electron chi connectivity index (χ1n) is 27.1. The zero-order valence-corrected chi connectivity index (χ0v) is 46.4. The molecule has 0 fully saturated rings.